The van der Waals surface area contributed by atoms with Gasteiger partial charge in [-0.15, -0.1) is 0 Å². The summed E-state index contributed by atoms with van der Waals surface area (Å²) in [6.07, 6.45) is 5.20. The van der Waals surface area contributed by atoms with Crippen LogP contribution in [0.1, 0.15) is 32.6 Å². The second-order valence-corrected chi connectivity index (χ2v) is 11.2. The highest BCUT2D eigenvalue weighted by atomic mass is 32.2. The van der Waals surface area contributed by atoms with Crippen molar-refractivity contribution >= 4 is 38.1 Å². The number of rotatable bonds is 6. The van der Waals surface area contributed by atoms with Gasteiger partial charge in [-0.05, 0) is 62.9 Å². The third-order valence-electron chi connectivity index (χ3n) is 7.03. The Morgan fingerprint density at radius 3 is 2.46 bits per heavy atom. The van der Waals surface area contributed by atoms with Gasteiger partial charge in [0, 0.05) is 43.4 Å². The van der Waals surface area contributed by atoms with E-state index >= 15 is 0 Å². The monoisotopic (exact) mass is 493 g/mol. The number of sulfone groups is 1. The second kappa shape index (κ2) is 9.85. The van der Waals surface area contributed by atoms with Crippen molar-refractivity contribution in [2.75, 3.05) is 42.6 Å². The fourth-order valence-corrected chi connectivity index (χ4v) is 6.38. The predicted octanol–water partition coefficient (Wildman–Crippen LogP) is 4.45. The van der Waals surface area contributed by atoms with Crippen LogP contribution < -0.4 is 9.80 Å². The van der Waals surface area contributed by atoms with E-state index in [1.807, 2.05) is 37.3 Å². The molecular formula is C27H31N3O4S. The van der Waals surface area contributed by atoms with Gasteiger partial charge >= 0.3 is 5.97 Å². The molecule has 3 heterocycles. The zero-order valence-corrected chi connectivity index (χ0v) is 20.8. The number of carbonyl (C=O) groups is 1. The third-order valence-corrected chi connectivity index (χ3v) is 8.75. The first-order valence-corrected chi connectivity index (χ1v) is 13.9. The summed E-state index contributed by atoms with van der Waals surface area (Å²) in [6, 6.07) is 14.8. The lowest BCUT2D eigenvalue weighted by Crippen LogP contribution is -2.37. The quantitative estimate of drug-likeness (QED) is 0.470. The summed E-state index contributed by atoms with van der Waals surface area (Å²) in [4.78, 5) is 21.6. The molecule has 0 radical (unpaired) electrons. The number of fused-ring (bicyclic) bond motifs is 1. The Labute approximate surface area is 206 Å². The molecule has 2 aliphatic heterocycles. The number of esters is 1. The summed E-state index contributed by atoms with van der Waals surface area (Å²) in [5, 5.41) is 0.784. The van der Waals surface area contributed by atoms with Crippen molar-refractivity contribution in [1.82, 2.24) is 4.98 Å². The van der Waals surface area contributed by atoms with E-state index in [1.165, 1.54) is 6.20 Å². The standard InChI is InChI=1S/C27H31N3O4S/c1-2-34-27(31)20-11-15-30(16-12-20)25-10-5-7-21-17-24(19-28-26(21)25)35(32,33)23-9-6-8-22(18-23)29-13-3-4-14-29/h5-10,17-20H,2-4,11-16H2,1H3. The number of piperidine rings is 1. The molecule has 0 unspecified atom stereocenters. The van der Waals surface area contributed by atoms with Crippen LogP contribution in [0.4, 0.5) is 11.4 Å². The van der Waals surface area contributed by atoms with Crippen molar-refractivity contribution in [3.63, 3.8) is 0 Å². The van der Waals surface area contributed by atoms with E-state index in [0.717, 1.165) is 74.1 Å². The topological polar surface area (TPSA) is 79.8 Å². The lowest BCUT2D eigenvalue weighted by molar-refractivity contribution is -0.148. The number of ether oxygens (including phenoxy) is 1. The summed E-state index contributed by atoms with van der Waals surface area (Å²) in [5.41, 5.74) is 2.68. The van der Waals surface area contributed by atoms with E-state index in [2.05, 4.69) is 14.8 Å². The highest BCUT2D eigenvalue weighted by Crippen LogP contribution is 2.32. The fraction of sp³-hybridized carbons (Fsp3) is 0.407. The van der Waals surface area contributed by atoms with Gasteiger partial charge in [0.05, 0.1) is 33.5 Å². The first-order chi connectivity index (χ1) is 17.0. The molecule has 0 atom stereocenters. The van der Waals surface area contributed by atoms with E-state index in [4.69, 9.17) is 4.74 Å². The second-order valence-electron chi connectivity index (χ2n) is 9.23. The van der Waals surface area contributed by atoms with Gasteiger partial charge in [0.1, 0.15) is 0 Å². The van der Waals surface area contributed by atoms with E-state index in [-0.39, 0.29) is 16.8 Å². The maximum atomic E-state index is 13.5. The first kappa shape index (κ1) is 23.6. The van der Waals surface area contributed by atoms with Gasteiger partial charge in [-0.1, -0.05) is 18.2 Å². The number of pyridine rings is 1. The molecule has 2 aromatic carbocycles. The molecule has 2 fully saturated rings. The Balaban J connectivity index is 1.40. The third kappa shape index (κ3) is 4.72. The zero-order chi connectivity index (χ0) is 24.4. The smallest absolute Gasteiger partial charge is 0.309 e. The van der Waals surface area contributed by atoms with Crippen molar-refractivity contribution in [3.05, 3.63) is 54.7 Å². The van der Waals surface area contributed by atoms with E-state index in [9.17, 15) is 13.2 Å². The Morgan fingerprint density at radius 2 is 1.71 bits per heavy atom. The first-order valence-electron chi connectivity index (χ1n) is 12.4. The normalized spacial score (nSPS) is 17.2. The van der Waals surface area contributed by atoms with Crippen LogP contribution in [-0.4, -0.2) is 52.2 Å². The lowest BCUT2D eigenvalue weighted by Gasteiger charge is -2.33. The average Bonchev–Trinajstić information content (AvgIpc) is 3.44. The van der Waals surface area contributed by atoms with E-state index in [0.29, 0.717) is 11.5 Å². The Morgan fingerprint density at radius 1 is 0.971 bits per heavy atom. The van der Waals surface area contributed by atoms with Crippen molar-refractivity contribution in [3.8, 4) is 0 Å². The van der Waals surface area contributed by atoms with Crippen LogP contribution in [0.25, 0.3) is 10.9 Å². The predicted molar refractivity (Wildman–Crippen MR) is 137 cm³/mol. The molecule has 0 saturated carbocycles. The van der Waals surface area contributed by atoms with E-state index in [1.54, 1.807) is 18.2 Å². The number of para-hydroxylation sites is 1. The number of nitrogens with zero attached hydrogens (tertiary/aromatic N) is 3. The molecule has 1 aromatic heterocycles. The molecular weight excluding hydrogens is 462 g/mol. The average molecular weight is 494 g/mol. The molecule has 2 saturated heterocycles. The molecule has 0 aliphatic carbocycles. The largest absolute Gasteiger partial charge is 0.466 e. The molecule has 2 aliphatic rings. The maximum absolute atomic E-state index is 13.5. The molecule has 5 rings (SSSR count). The van der Waals surface area contributed by atoms with Crippen LogP contribution in [-0.2, 0) is 19.4 Å². The highest BCUT2D eigenvalue weighted by molar-refractivity contribution is 7.91. The Bertz CT molecular complexity index is 1330. The van der Waals surface area contributed by atoms with Crippen LogP contribution in [0.15, 0.2) is 64.5 Å². The summed E-state index contributed by atoms with van der Waals surface area (Å²) in [5.74, 6) is -0.186. The van der Waals surface area contributed by atoms with Crippen molar-refractivity contribution in [1.29, 1.82) is 0 Å². The van der Waals surface area contributed by atoms with Crippen molar-refractivity contribution in [2.24, 2.45) is 5.92 Å². The number of aromatic nitrogens is 1. The molecule has 35 heavy (non-hydrogen) atoms. The molecule has 3 aromatic rings. The van der Waals surface area contributed by atoms with Gasteiger partial charge < -0.3 is 14.5 Å². The minimum absolute atomic E-state index is 0.0674. The van der Waals surface area contributed by atoms with Gasteiger partial charge in [-0.25, -0.2) is 8.42 Å². The van der Waals surface area contributed by atoms with Crippen LogP contribution in [0, 0.1) is 5.92 Å². The van der Waals surface area contributed by atoms with Gasteiger partial charge in [0.15, 0.2) is 0 Å². The van der Waals surface area contributed by atoms with Gasteiger partial charge in [-0.3, -0.25) is 9.78 Å². The molecule has 0 amide bonds. The summed E-state index contributed by atoms with van der Waals surface area (Å²) in [7, 11) is -3.70. The van der Waals surface area contributed by atoms with Crippen LogP contribution in [0.2, 0.25) is 0 Å². The lowest BCUT2D eigenvalue weighted by atomic mass is 9.96. The number of hydrogen-bond acceptors (Lipinski definition) is 7. The van der Waals surface area contributed by atoms with E-state index < -0.39 is 9.84 Å². The summed E-state index contributed by atoms with van der Waals surface area (Å²) >= 11 is 0. The maximum Gasteiger partial charge on any atom is 0.309 e. The number of carbonyl (C=O) groups excluding carboxylic acids is 1. The molecule has 7 nitrogen and oxygen atoms in total. The highest BCUT2D eigenvalue weighted by Gasteiger charge is 2.27. The SMILES string of the molecule is CCOC(=O)C1CCN(c2cccc3cc(S(=O)(=O)c4cccc(N5CCCC5)c4)cnc23)CC1. The van der Waals surface area contributed by atoms with Crippen molar-refractivity contribution < 1.29 is 17.9 Å². The minimum atomic E-state index is -3.70. The molecule has 0 bridgehead atoms. The van der Waals surface area contributed by atoms with Crippen LogP contribution >= 0.6 is 0 Å². The Hall–Kier alpha value is -3.13. The number of anilines is 2. The minimum Gasteiger partial charge on any atom is -0.466 e. The fourth-order valence-electron chi connectivity index (χ4n) is 5.10. The van der Waals surface area contributed by atoms with Crippen LogP contribution in [0.3, 0.4) is 0 Å². The van der Waals surface area contributed by atoms with Gasteiger partial charge in [0.2, 0.25) is 9.84 Å². The number of hydrogen-bond donors (Lipinski definition) is 0. The van der Waals surface area contributed by atoms with Crippen molar-refractivity contribution in [2.45, 2.75) is 42.4 Å². The molecule has 0 N–H and O–H groups in total. The van der Waals surface area contributed by atoms with Crippen LogP contribution in [0.5, 0.6) is 0 Å². The van der Waals surface area contributed by atoms with Gasteiger partial charge in [0.25, 0.3) is 0 Å². The Kier molecular flexibility index (Phi) is 6.65. The zero-order valence-electron chi connectivity index (χ0n) is 20.0. The summed E-state index contributed by atoms with van der Waals surface area (Å²) in [6.45, 7) is 5.61. The van der Waals surface area contributed by atoms with Gasteiger partial charge in [-0.2, -0.15) is 0 Å². The number of benzene rings is 2. The summed E-state index contributed by atoms with van der Waals surface area (Å²) < 4.78 is 32.1. The molecule has 8 heteroatoms. The molecule has 0 spiro atoms. The molecule has 184 valence electrons.